The number of carbonyl (C=O) groups is 1. The Kier molecular flexibility index (Phi) is 5.29. The van der Waals surface area contributed by atoms with E-state index in [4.69, 9.17) is 0 Å². The first-order valence-electron chi connectivity index (χ1n) is 7.37. The number of fused-ring (bicyclic) bond motifs is 1. The lowest BCUT2D eigenvalue weighted by Crippen LogP contribution is -2.45. The standard InChI is InChI=1S/C15H19N5O3/c1-3-4-9-16-15(21)18-17-10-14-11(2)19(22)12-7-5-6-8-13(12)20(14)23/h5-8,10H,3-4,9H2,1-2H3,(H2,16,18,21)/b17-10+. The summed E-state index contributed by atoms with van der Waals surface area (Å²) in [6.07, 6.45) is 3.01. The molecule has 8 heteroatoms. The van der Waals surface area contributed by atoms with Crippen LogP contribution in [0.1, 0.15) is 31.2 Å². The van der Waals surface area contributed by atoms with Gasteiger partial charge in [-0.2, -0.15) is 14.6 Å². The zero-order chi connectivity index (χ0) is 16.8. The molecule has 0 aliphatic heterocycles. The van der Waals surface area contributed by atoms with Gasteiger partial charge in [-0.05, 0) is 6.42 Å². The second-order valence-electron chi connectivity index (χ2n) is 5.03. The predicted molar refractivity (Wildman–Crippen MR) is 85.6 cm³/mol. The van der Waals surface area contributed by atoms with E-state index >= 15 is 0 Å². The highest BCUT2D eigenvalue weighted by Crippen LogP contribution is 2.07. The highest BCUT2D eigenvalue weighted by atomic mass is 16.5. The van der Waals surface area contributed by atoms with Gasteiger partial charge in [0.25, 0.3) is 16.7 Å². The molecule has 0 aliphatic carbocycles. The Hall–Kier alpha value is -2.90. The fourth-order valence-electron chi connectivity index (χ4n) is 2.09. The molecule has 0 spiro atoms. The van der Waals surface area contributed by atoms with Crippen LogP contribution in [-0.4, -0.2) is 18.8 Å². The van der Waals surface area contributed by atoms with Gasteiger partial charge < -0.3 is 15.7 Å². The first kappa shape index (κ1) is 16.5. The molecular formula is C15H19N5O3. The quantitative estimate of drug-likeness (QED) is 0.280. The van der Waals surface area contributed by atoms with E-state index < -0.39 is 6.03 Å². The highest BCUT2D eigenvalue weighted by Gasteiger charge is 2.23. The van der Waals surface area contributed by atoms with Crippen LogP contribution in [-0.2, 0) is 0 Å². The van der Waals surface area contributed by atoms with E-state index in [2.05, 4.69) is 15.8 Å². The van der Waals surface area contributed by atoms with E-state index in [0.717, 1.165) is 12.8 Å². The van der Waals surface area contributed by atoms with Crippen molar-refractivity contribution < 1.29 is 14.3 Å². The zero-order valence-electron chi connectivity index (χ0n) is 13.1. The topological polar surface area (TPSA) is 107 Å². The summed E-state index contributed by atoms with van der Waals surface area (Å²) < 4.78 is 1.30. The maximum atomic E-state index is 12.3. The third kappa shape index (κ3) is 3.65. The van der Waals surface area contributed by atoms with Crippen LogP contribution in [0.15, 0.2) is 29.4 Å². The van der Waals surface area contributed by atoms with Crippen LogP contribution in [0.2, 0.25) is 0 Å². The Morgan fingerprint density at radius 2 is 1.91 bits per heavy atom. The number of hydrogen-bond acceptors (Lipinski definition) is 4. The molecule has 1 heterocycles. The minimum Gasteiger partial charge on any atom is -0.618 e. The van der Waals surface area contributed by atoms with Gasteiger partial charge in [0.2, 0.25) is 0 Å². The Morgan fingerprint density at radius 3 is 2.57 bits per heavy atom. The second kappa shape index (κ2) is 7.39. The molecule has 0 fully saturated rings. The predicted octanol–water partition coefficient (Wildman–Crippen LogP) is 0.848. The van der Waals surface area contributed by atoms with Crippen LogP contribution < -0.4 is 20.2 Å². The number of urea groups is 1. The normalized spacial score (nSPS) is 11.0. The number of aromatic nitrogens is 2. The molecule has 0 atom stereocenters. The minimum atomic E-state index is -0.458. The molecule has 8 nitrogen and oxygen atoms in total. The molecule has 2 amide bonds. The van der Waals surface area contributed by atoms with Gasteiger partial charge in [-0.1, -0.05) is 25.5 Å². The third-order valence-electron chi connectivity index (χ3n) is 3.38. The molecule has 0 aliphatic rings. The van der Waals surface area contributed by atoms with E-state index in [0.29, 0.717) is 16.0 Å². The van der Waals surface area contributed by atoms with Gasteiger partial charge in [0.15, 0.2) is 0 Å². The zero-order valence-corrected chi connectivity index (χ0v) is 13.1. The fraction of sp³-hybridized carbons (Fsp3) is 0.333. The van der Waals surface area contributed by atoms with Gasteiger partial charge in [0.05, 0.1) is 0 Å². The van der Waals surface area contributed by atoms with E-state index in [9.17, 15) is 15.2 Å². The molecule has 0 saturated heterocycles. The van der Waals surface area contributed by atoms with Crippen molar-refractivity contribution in [2.24, 2.45) is 5.10 Å². The number of nitrogens with one attached hydrogen (secondary N) is 2. The summed E-state index contributed by atoms with van der Waals surface area (Å²) in [7, 11) is 0. The second-order valence-corrected chi connectivity index (χ2v) is 5.03. The molecule has 0 unspecified atom stereocenters. The van der Waals surface area contributed by atoms with Crippen LogP contribution in [0.25, 0.3) is 11.0 Å². The van der Waals surface area contributed by atoms with E-state index in [1.54, 1.807) is 24.3 Å². The van der Waals surface area contributed by atoms with Gasteiger partial charge >= 0.3 is 11.7 Å². The van der Waals surface area contributed by atoms with Crippen LogP contribution >= 0.6 is 0 Å². The molecule has 0 bridgehead atoms. The van der Waals surface area contributed by atoms with Crippen molar-refractivity contribution in [2.75, 3.05) is 6.54 Å². The molecule has 2 rings (SSSR count). The smallest absolute Gasteiger partial charge is 0.335 e. The third-order valence-corrected chi connectivity index (χ3v) is 3.38. The van der Waals surface area contributed by atoms with Crippen molar-refractivity contribution in [1.29, 1.82) is 0 Å². The van der Waals surface area contributed by atoms with E-state index in [1.807, 2.05) is 6.92 Å². The van der Waals surface area contributed by atoms with Crippen LogP contribution in [0.4, 0.5) is 4.79 Å². The molecule has 1 aromatic carbocycles. The average Bonchev–Trinajstić information content (AvgIpc) is 2.56. The van der Waals surface area contributed by atoms with Gasteiger partial charge in [0.1, 0.15) is 6.21 Å². The molecular weight excluding hydrogens is 298 g/mol. The number of unbranched alkanes of at least 4 members (excludes halogenated alkanes) is 1. The molecule has 2 aromatic rings. The Morgan fingerprint density at radius 1 is 1.26 bits per heavy atom. The Bertz CT molecular complexity index is 745. The first-order chi connectivity index (χ1) is 11.1. The van der Waals surface area contributed by atoms with Crippen molar-refractivity contribution in [2.45, 2.75) is 26.7 Å². The molecule has 1 aromatic heterocycles. The van der Waals surface area contributed by atoms with Crippen molar-refractivity contribution in [3.05, 3.63) is 46.1 Å². The number of hydrazone groups is 1. The SMILES string of the molecule is CCCCNC(=O)N/N=C/c1c(C)[n+]([O-])c2ccccc2[n+]1[O-]. The van der Waals surface area contributed by atoms with Crippen LogP contribution in [0.3, 0.4) is 0 Å². The molecule has 122 valence electrons. The van der Waals surface area contributed by atoms with E-state index in [1.165, 1.54) is 13.1 Å². The summed E-state index contributed by atoms with van der Waals surface area (Å²) in [5.41, 5.74) is 3.07. The Balaban J connectivity index is 2.20. The molecule has 23 heavy (non-hydrogen) atoms. The summed E-state index contributed by atoms with van der Waals surface area (Å²) in [5.74, 6) is 0. The monoisotopic (exact) mass is 317 g/mol. The van der Waals surface area contributed by atoms with Crippen molar-refractivity contribution >= 4 is 23.3 Å². The number of hydrogen-bond donors (Lipinski definition) is 2. The lowest BCUT2D eigenvalue weighted by Gasteiger charge is -2.08. The van der Waals surface area contributed by atoms with Crippen LogP contribution in [0, 0.1) is 17.3 Å². The summed E-state index contributed by atoms with van der Waals surface area (Å²) in [6, 6.07) is 6.03. The lowest BCUT2D eigenvalue weighted by molar-refractivity contribution is -0.634. The largest absolute Gasteiger partial charge is 0.618 e. The number of amides is 2. The van der Waals surface area contributed by atoms with Crippen molar-refractivity contribution in [1.82, 2.24) is 10.7 Å². The number of carbonyl (C=O) groups excluding carboxylic acids is 1. The molecule has 2 N–H and O–H groups in total. The summed E-state index contributed by atoms with van der Waals surface area (Å²) in [5, 5.41) is 30.9. The molecule has 0 radical (unpaired) electrons. The summed E-state index contributed by atoms with van der Waals surface area (Å²) in [4.78, 5) is 11.5. The lowest BCUT2D eigenvalue weighted by atomic mass is 10.2. The molecule has 0 saturated carbocycles. The highest BCUT2D eigenvalue weighted by molar-refractivity contribution is 5.80. The summed E-state index contributed by atoms with van der Waals surface area (Å²) >= 11 is 0. The first-order valence-corrected chi connectivity index (χ1v) is 7.37. The van der Waals surface area contributed by atoms with Gasteiger partial charge in [-0.25, -0.2) is 10.2 Å². The average molecular weight is 317 g/mol. The van der Waals surface area contributed by atoms with Gasteiger partial charge in [-0.15, -0.1) is 0 Å². The fourth-order valence-corrected chi connectivity index (χ4v) is 2.09. The van der Waals surface area contributed by atoms with E-state index in [-0.39, 0.29) is 22.4 Å². The van der Waals surface area contributed by atoms with Crippen LogP contribution in [0.5, 0.6) is 0 Å². The van der Waals surface area contributed by atoms with Crippen molar-refractivity contribution in [3.8, 4) is 0 Å². The number of rotatable bonds is 5. The van der Waals surface area contributed by atoms with Crippen molar-refractivity contribution in [3.63, 3.8) is 0 Å². The minimum absolute atomic E-state index is 0.0764. The Labute approximate surface area is 133 Å². The summed E-state index contributed by atoms with van der Waals surface area (Å²) in [6.45, 7) is 4.09. The number of benzene rings is 1. The number of para-hydroxylation sites is 2. The maximum absolute atomic E-state index is 12.3. The maximum Gasteiger partial charge on any atom is 0.335 e. The number of nitrogens with zero attached hydrogens (tertiary/aromatic N) is 3. The van der Waals surface area contributed by atoms with Gasteiger partial charge in [-0.3, -0.25) is 0 Å². The van der Waals surface area contributed by atoms with Gasteiger partial charge in [0, 0.05) is 25.6 Å².